The fourth-order valence-electron chi connectivity index (χ4n) is 3.60. The van der Waals surface area contributed by atoms with E-state index in [1.807, 2.05) is 6.92 Å². The van der Waals surface area contributed by atoms with Crippen LogP contribution < -0.4 is 5.32 Å². The Morgan fingerprint density at radius 2 is 2.07 bits per heavy atom. The molecular weight excluding hydrogens is 411 g/mol. The highest BCUT2D eigenvalue weighted by atomic mass is 32.1. The molecule has 1 amide bonds. The van der Waals surface area contributed by atoms with E-state index in [0.717, 1.165) is 42.8 Å². The Morgan fingerprint density at radius 1 is 1.38 bits per heavy atom. The third-order valence-corrected chi connectivity index (χ3v) is 6.11. The number of carbonyl (C=O) groups excluding carboxylic acids is 1. The molecule has 11 heteroatoms. The summed E-state index contributed by atoms with van der Waals surface area (Å²) >= 11 is 1.70. The van der Waals surface area contributed by atoms with Gasteiger partial charge >= 0.3 is 12.1 Å². The number of aromatic nitrogens is 1. The van der Waals surface area contributed by atoms with Gasteiger partial charge in [0.2, 0.25) is 5.91 Å². The van der Waals surface area contributed by atoms with Crippen LogP contribution in [0.3, 0.4) is 0 Å². The molecule has 0 spiro atoms. The van der Waals surface area contributed by atoms with Crippen molar-refractivity contribution >= 4 is 23.2 Å². The van der Waals surface area contributed by atoms with Crippen LogP contribution in [0.5, 0.6) is 0 Å². The Bertz CT molecular complexity index is 738. The third kappa shape index (κ3) is 6.13. The minimum atomic E-state index is -5.08. The second-order valence-corrected chi connectivity index (χ2v) is 8.75. The molecule has 0 radical (unpaired) electrons. The van der Waals surface area contributed by atoms with E-state index in [4.69, 9.17) is 14.6 Å². The van der Waals surface area contributed by atoms with Gasteiger partial charge in [-0.1, -0.05) is 0 Å². The zero-order valence-electron chi connectivity index (χ0n) is 15.9. The van der Waals surface area contributed by atoms with Crippen molar-refractivity contribution < 1.29 is 32.6 Å². The number of ether oxygens (including phenoxy) is 1. The molecule has 3 fully saturated rings. The molecule has 1 aromatic heterocycles. The van der Waals surface area contributed by atoms with Gasteiger partial charge in [-0.2, -0.15) is 13.2 Å². The van der Waals surface area contributed by atoms with Crippen molar-refractivity contribution in [2.75, 3.05) is 26.2 Å². The van der Waals surface area contributed by atoms with Crippen LogP contribution in [-0.2, 0) is 20.9 Å². The maximum atomic E-state index is 12.4. The molecule has 7 nitrogen and oxygen atoms in total. The summed E-state index contributed by atoms with van der Waals surface area (Å²) < 4.78 is 37.6. The Labute approximate surface area is 170 Å². The fourth-order valence-corrected chi connectivity index (χ4v) is 4.20. The highest BCUT2D eigenvalue weighted by Crippen LogP contribution is 2.35. The van der Waals surface area contributed by atoms with E-state index in [2.05, 4.69) is 20.6 Å². The number of carbonyl (C=O) groups is 2. The van der Waals surface area contributed by atoms with Gasteiger partial charge in [-0.05, 0) is 25.7 Å². The van der Waals surface area contributed by atoms with Gasteiger partial charge in [-0.3, -0.25) is 9.69 Å². The monoisotopic (exact) mass is 435 g/mol. The van der Waals surface area contributed by atoms with Crippen molar-refractivity contribution in [3.8, 4) is 0 Å². The number of rotatable bonds is 5. The number of amides is 1. The first-order chi connectivity index (χ1) is 13.6. The molecule has 3 atom stereocenters. The standard InChI is InChI=1S/C16H23N3O2S.C2HF3O2/c1-10-18-12(9-22-10)5-19-6-13-14(8-21-15(13)7-19)16(20)17-4-11-2-3-11;3-2(4,5)1(6)7/h9,11,13-15H,2-8H2,1H3,(H,17,20);(H,6,7)/t13-,14-,15-;/m1./s1. The molecule has 3 heterocycles. The number of nitrogens with one attached hydrogen (secondary N) is 1. The molecule has 0 aromatic carbocycles. The Hall–Kier alpha value is -1.72. The molecule has 3 aliphatic rings. The summed E-state index contributed by atoms with van der Waals surface area (Å²) in [6, 6.07) is 0. The average molecular weight is 435 g/mol. The molecule has 0 unspecified atom stereocenters. The van der Waals surface area contributed by atoms with Gasteiger partial charge < -0.3 is 15.2 Å². The zero-order valence-corrected chi connectivity index (χ0v) is 16.8. The van der Waals surface area contributed by atoms with Crippen molar-refractivity contribution in [1.82, 2.24) is 15.2 Å². The third-order valence-electron chi connectivity index (χ3n) is 5.28. The Morgan fingerprint density at radius 3 is 2.62 bits per heavy atom. The van der Waals surface area contributed by atoms with Crippen LogP contribution in [0.4, 0.5) is 13.2 Å². The largest absolute Gasteiger partial charge is 0.490 e. The van der Waals surface area contributed by atoms with E-state index in [1.165, 1.54) is 12.8 Å². The van der Waals surface area contributed by atoms with E-state index >= 15 is 0 Å². The summed E-state index contributed by atoms with van der Waals surface area (Å²) in [5.74, 6) is -1.45. The lowest BCUT2D eigenvalue weighted by atomic mass is 9.92. The number of aliphatic carboxylic acids is 1. The second kappa shape index (κ2) is 8.97. The number of hydrogen-bond acceptors (Lipinski definition) is 6. The van der Waals surface area contributed by atoms with Gasteiger partial charge in [0.05, 0.1) is 29.3 Å². The zero-order chi connectivity index (χ0) is 21.2. The number of likely N-dealkylation sites (tertiary alicyclic amines) is 1. The quantitative estimate of drug-likeness (QED) is 0.736. The SMILES string of the molecule is Cc1nc(CN2C[C@H]3[C@@H](C2)OC[C@H]3C(=O)NCC2CC2)cs1.O=C(O)C(F)(F)F. The van der Waals surface area contributed by atoms with Crippen LogP contribution in [0, 0.1) is 24.7 Å². The molecule has 1 aliphatic carbocycles. The van der Waals surface area contributed by atoms with Gasteiger partial charge in [0.15, 0.2) is 0 Å². The van der Waals surface area contributed by atoms with E-state index < -0.39 is 12.1 Å². The van der Waals surface area contributed by atoms with Crippen LogP contribution in [0.2, 0.25) is 0 Å². The van der Waals surface area contributed by atoms with E-state index in [9.17, 15) is 18.0 Å². The second-order valence-electron chi connectivity index (χ2n) is 7.69. The smallest absolute Gasteiger partial charge is 0.475 e. The van der Waals surface area contributed by atoms with Gasteiger partial charge in [0, 0.05) is 37.5 Å². The van der Waals surface area contributed by atoms with E-state index in [1.54, 1.807) is 11.3 Å². The first kappa shape index (κ1) is 22.0. The summed E-state index contributed by atoms with van der Waals surface area (Å²) in [7, 11) is 0. The number of aryl methyl sites for hydroxylation is 1. The van der Waals surface area contributed by atoms with Crippen LogP contribution in [0.1, 0.15) is 23.5 Å². The predicted molar refractivity (Wildman–Crippen MR) is 98.3 cm³/mol. The van der Waals surface area contributed by atoms with Crippen molar-refractivity contribution in [1.29, 1.82) is 0 Å². The highest BCUT2D eigenvalue weighted by molar-refractivity contribution is 7.09. The summed E-state index contributed by atoms with van der Waals surface area (Å²) in [6.45, 7) is 6.23. The summed E-state index contributed by atoms with van der Waals surface area (Å²) in [5.41, 5.74) is 1.14. The maximum Gasteiger partial charge on any atom is 0.490 e. The summed E-state index contributed by atoms with van der Waals surface area (Å²) in [6.07, 6.45) is -2.32. The molecule has 1 saturated carbocycles. The van der Waals surface area contributed by atoms with Gasteiger partial charge in [-0.15, -0.1) is 11.3 Å². The number of halogens is 3. The molecular formula is C18H24F3N3O4S. The normalized spacial score (nSPS) is 26.6. The van der Waals surface area contributed by atoms with Crippen molar-refractivity contribution in [2.45, 2.75) is 38.6 Å². The molecule has 0 bridgehead atoms. The lowest BCUT2D eigenvalue weighted by molar-refractivity contribution is -0.192. The first-order valence-electron chi connectivity index (χ1n) is 9.46. The van der Waals surface area contributed by atoms with Crippen molar-refractivity contribution in [3.05, 3.63) is 16.1 Å². The van der Waals surface area contributed by atoms with Crippen LogP contribution in [-0.4, -0.2) is 65.4 Å². The topological polar surface area (TPSA) is 91.8 Å². The number of thiazole rings is 1. The highest BCUT2D eigenvalue weighted by Gasteiger charge is 2.46. The van der Waals surface area contributed by atoms with Crippen molar-refractivity contribution in [2.24, 2.45) is 17.8 Å². The van der Waals surface area contributed by atoms with Crippen molar-refractivity contribution in [3.63, 3.8) is 0 Å². The van der Waals surface area contributed by atoms with E-state index in [-0.39, 0.29) is 17.9 Å². The predicted octanol–water partition coefficient (Wildman–Crippen LogP) is 2.06. The molecule has 29 heavy (non-hydrogen) atoms. The first-order valence-corrected chi connectivity index (χ1v) is 10.3. The number of fused-ring (bicyclic) bond motifs is 1. The number of nitrogens with zero attached hydrogens (tertiary/aromatic N) is 2. The molecule has 4 rings (SSSR count). The summed E-state index contributed by atoms with van der Waals surface area (Å²) in [5, 5.41) is 13.5. The maximum absolute atomic E-state index is 12.4. The minimum Gasteiger partial charge on any atom is -0.475 e. The molecule has 2 aliphatic heterocycles. The average Bonchev–Trinajstić information content (AvgIpc) is 3.05. The molecule has 162 valence electrons. The fraction of sp³-hybridized carbons (Fsp3) is 0.722. The van der Waals surface area contributed by atoms with Crippen LogP contribution in [0.15, 0.2) is 5.38 Å². The van der Waals surface area contributed by atoms with Crippen LogP contribution >= 0.6 is 11.3 Å². The Kier molecular flexibility index (Phi) is 6.79. The number of carboxylic acids is 1. The van der Waals surface area contributed by atoms with Gasteiger partial charge in [0.1, 0.15) is 0 Å². The Balaban J connectivity index is 0.000000298. The molecule has 2 N–H and O–H groups in total. The number of hydrogen-bond donors (Lipinski definition) is 2. The summed E-state index contributed by atoms with van der Waals surface area (Å²) in [4.78, 5) is 28.2. The molecule has 1 aromatic rings. The minimum absolute atomic E-state index is 0.0333. The number of alkyl halides is 3. The lowest BCUT2D eigenvalue weighted by Crippen LogP contribution is -2.37. The van der Waals surface area contributed by atoms with Crippen LogP contribution in [0.25, 0.3) is 0 Å². The number of carboxylic acid groups (broad SMARTS) is 1. The van der Waals surface area contributed by atoms with Gasteiger partial charge in [0.25, 0.3) is 0 Å². The van der Waals surface area contributed by atoms with Gasteiger partial charge in [-0.25, -0.2) is 9.78 Å². The molecule has 2 saturated heterocycles. The van der Waals surface area contributed by atoms with E-state index in [0.29, 0.717) is 12.5 Å². The lowest BCUT2D eigenvalue weighted by Gasteiger charge is -2.18.